The molecule has 0 bridgehead atoms. The van der Waals surface area contributed by atoms with E-state index in [1.807, 2.05) is 69.2 Å². The number of benzene rings is 2. The van der Waals surface area contributed by atoms with Crippen LogP contribution >= 0.6 is 0 Å². The zero-order valence-electron chi connectivity index (χ0n) is 15.9. The van der Waals surface area contributed by atoms with E-state index in [2.05, 4.69) is 26.9 Å². The molecule has 0 fully saturated rings. The van der Waals surface area contributed by atoms with Crippen molar-refractivity contribution in [2.45, 2.75) is 13.8 Å². The largest absolute Gasteiger partial charge is 0.378 e. The molecule has 1 amide bonds. The van der Waals surface area contributed by atoms with Gasteiger partial charge in [-0.15, -0.1) is 10.2 Å². The van der Waals surface area contributed by atoms with Crippen LogP contribution in [0.3, 0.4) is 0 Å². The first-order valence-corrected chi connectivity index (χ1v) is 8.68. The molecular formula is C21H23N5O. The highest BCUT2D eigenvalue weighted by molar-refractivity contribution is 6.02. The molecule has 0 aliphatic carbocycles. The third-order valence-electron chi connectivity index (χ3n) is 4.03. The molecule has 1 heterocycles. The molecule has 0 spiro atoms. The van der Waals surface area contributed by atoms with E-state index in [4.69, 9.17) is 0 Å². The van der Waals surface area contributed by atoms with E-state index in [0.717, 1.165) is 28.2 Å². The third-order valence-corrected chi connectivity index (χ3v) is 4.03. The Kier molecular flexibility index (Phi) is 5.35. The van der Waals surface area contributed by atoms with Crippen molar-refractivity contribution in [1.82, 2.24) is 10.2 Å². The molecule has 6 heteroatoms. The molecular weight excluding hydrogens is 338 g/mol. The predicted octanol–water partition coefficient (Wildman–Crippen LogP) is 4.16. The first-order valence-electron chi connectivity index (χ1n) is 8.68. The van der Waals surface area contributed by atoms with E-state index in [0.29, 0.717) is 5.82 Å². The van der Waals surface area contributed by atoms with Crippen LogP contribution in [0, 0.1) is 13.8 Å². The van der Waals surface area contributed by atoms with Gasteiger partial charge in [0.1, 0.15) is 0 Å². The fraction of sp³-hybridized carbons (Fsp3) is 0.190. The minimum absolute atomic E-state index is 0.266. The van der Waals surface area contributed by atoms with Gasteiger partial charge in [-0.05, 0) is 73.5 Å². The zero-order valence-corrected chi connectivity index (χ0v) is 15.9. The summed E-state index contributed by atoms with van der Waals surface area (Å²) < 4.78 is 0. The summed E-state index contributed by atoms with van der Waals surface area (Å²) in [6, 6.07) is 17.3. The van der Waals surface area contributed by atoms with Crippen LogP contribution in [-0.2, 0) is 0 Å². The Morgan fingerprint density at radius 1 is 0.852 bits per heavy atom. The van der Waals surface area contributed by atoms with Gasteiger partial charge in [-0.3, -0.25) is 4.79 Å². The molecule has 138 valence electrons. The second-order valence-corrected chi connectivity index (χ2v) is 6.70. The molecule has 0 radical (unpaired) electrons. The van der Waals surface area contributed by atoms with Crippen LogP contribution in [0.1, 0.15) is 21.6 Å². The number of aromatic nitrogens is 2. The molecule has 3 rings (SSSR count). The van der Waals surface area contributed by atoms with Crippen LogP contribution in [0.25, 0.3) is 0 Å². The second kappa shape index (κ2) is 7.86. The molecule has 0 aliphatic rings. The molecule has 1 aromatic heterocycles. The van der Waals surface area contributed by atoms with Crippen LogP contribution in [0.15, 0.2) is 54.6 Å². The number of carbonyl (C=O) groups is 1. The average Bonchev–Trinajstić information content (AvgIpc) is 2.62. The minimum atomic E-state index is -0.283. The molecule has 0 saturated heterocycles. The number of rotatable bonds is 5. The zero-order chi connectivity index (χ0) is 19.4. The van der Waals surface area contributed by atoms with Gasteiger partial charge >= 0.3 is 0 Å². The van der Waals surface area contributed by atoms with Crippen molar-refractivity contribution in [1.29, 1.82) is 0 Å². The Bertz CT molecular complexity index is 914. The van der Waals surface area contributed by atoms with Crippen molar-refractivity contribution in [3.63, 3.8) is 0 Å². The van der Waals surface area contributed by atoms with Crippen molar-refractivity contribution in [3.05, 3.63) is 71.4 Å². The Morgan fingerprint density at radius 3 is 2.07 bits per heavy atom. The highest BCUT2D eigenvalue weighted by atomic mass is 16.1. The summed E-state index contributed by atoms with van der Waals surface area (Å²) >= 11 is 0. The van der Waals surface area contributed by atoms with Gasteiger partial charge in [0, 0.05) is 31.2 Å². The van der Waals surface area contributed by atoms with Gasteiger partial charge in [0.15, 0.2) is 11.5 Å². The summed E-state index contributed by atoms with van der Waals surface area (Å²) in [7, 11) is 3.99. The van der Waals surface area contributed by atoms with E-state index >= 15 is 0 Å². The lowest BCUT2D eigenvalue weighted by Crippen LogP contribution is -2.14. The number of hydrogen-bond acceptors (Lipinski definition) is 5. The maximum absolute atomic E-state index is 12.4. The predicted molar refractivity (Wildman–Crippen MR) is 110 cm³/mol. The molecule has 6 nitrogen and oxygen atoms in total. The van der Waals surface area contributed by atoms with E-state index < -0.39 is 0 Å². The molecule has 3 aromatic rings. The SMILES string of the molecule is Cc1cc(C)cc(NC(=O)c2ccc(Nc3ccc(N(C)C)cc3)nn2)c1. The number of amides is 1. The van der Waals surface area contributed by atoms with Crippen molar-refractivity contribution in [2.75, 3.05) is 29.6 Å². The third kappa shape index (κ3) is 4.82. The minimum Gasteiger partial charge on any atom is -0.378 e. The molecule has 2 aromatic carbocycles. The lowest BCUT2D eigenvalue weighted by Gasteiger charge is -2.13. The van der Waals surface area contributed by atoms with Gasteiger partial charge in [0.2, 0.25) is 0 Å². The average molecular weight is 361 g/mol. The molecule has 0 unspecified atom stereocenters. The fourth-order valence-corrected chi connectivity index (χ4v) is 2.75. The van der Waals surface area contributed by atoms with Crippen LogP contribution in [0.5, 0.6) is 0 Å². The van der Waals surface area contributed by atoms with Gasteiger partial charge in [-0.25, -0.2) is 0 Å². The first kappa shape index (κ1) is 18.4. The summed E-state index contributed by atoms with van der Waals surface area (Å²) in [5, 5.41) is 14.2. The lowest BCUT2D eigenvalue weighted by atomic mass is 10.1. The standard InChI is InChI=1S/C21H23N5O/c1-14-11-15(2)13-17(12-14)23-21(27)19-9-10-20(25-24-19)22-16-5-7-18(8-6-16)26(3)4/h5-13H,1-4H3,(H,22,25)(H,23,27). The van der Waals surface area contributed by atoms with E-state index in [-0.39, 0.29) is 11.6 Å². The van der Waals surface area contributed by atoms with Gasteiger partial charge < -0.3 is 15.5 Å². The van der Waals surface area contributed by atoms with Crippen molar-refractivity contribution >= 4 is 28.8 Å². The van der Waals surface area contributed by atoms with E-state index in [1.165, 1.54) is 0 Å². The number of anilines is 4. The normalized spacial score (nSPS) is 10.4. The van der Waals surface area contributed by atoms with Gasteiger partial charge in [-0.1, -0.05) is 6.07 Å². The number of nitrogens with zero attached hydrogens (tertiary/aromatic N) is 3. The van der Waals surface area contributed by atoms with E-state index in [9.17, 15) is 4.79 Å². The van der Waals surface area contributed by atoms with Crippen molar-refractivity contribution in [2.24, 2.45) is 0 Å². The summed E-state index contributed by atoms with van der Waals surface area (Å²) in [5.41, 5.74) is 5.23. The van der Waals surface area contributed by atoms with Crippen LogP contribution in [-0.4, -0.2) is 30.2 Å². The number of carbonyl (C=O) groups excluding carboxylic acids is 1. The Balaban J connectivity index is 1.66. The maximum Gasteiger partial charge on any atom is 0.276 e. The number of nitrogens with one attached hydrogen (secondary N) is 2. The summed E-state index contributed by atoms with van der Waals surface area (Å²) in [6.45, 7) is 3.99. The topological polar surface area (TPSA) is 70.2 Å². The Morgan fingerprint density at radius 2 is 1.52 bits per heavy atom. The molecule has 0 atom stereocenters. The van der Waals surface area contributed by atoms with Gasteiger partial charge in [-0.2, -0.15) is 0 Å². The van der Waals surface area contributed by atoms with Crippen LogP contribution in [0.4, 0.5) is 22.9 Å². The summed E-state index contributed by atoms with van der Waals surface area (Å²) in [6.07, 6.45) is 0. The van der Waals surface area contributed by atoms with Crippen LogP contribution in [0.2, 0.25) is 0 Å². The van der Waals surface area contributed by atoms with Crippen molar-refractivity contribution in [3.8, 4) is 0 Å². The number of hydrogen-bond donors (Lipinski definition) is 2. The molecule has 27 heavy (non-hydrogen) atoms. The molecule has 0 saturated carbocycles. The quantitative estimate of drug-likeness (QED) is 0.714. The Hall–Kier alpha value is -3.41. The molecule has 0 aliphatic heterocycles. The Labute approximate surface area is 159 Å². The first-order chi connectivity index (χ1) is 12.9. The second-order valence-electron chi connectivity index (χ2n) is 6.70. The molecule has 2 N–H and O–H groups in total. The maximum atomic E-state index is 12.4. The van der Waals surface area contributed by atoms with Gasteiger partial charge in [0.25, 0.3) is 5.91 Å². The lowest BCUT2D eigenvalue weighted by molar-refractivity contribution is 0.102. The van der Waals surface area contributed by atoms with E-state index in [1.54, 1.807) is 12.1 Å². The number of aryl methyl sites for hydroxylation is 2. The highest BCUT2D eigenvalue weighted by Crippen LogP contribution is 2.19. The fourth-order valence-electron chi connectivity index (χ4n) is 2.75. The van der Waals surface area contributed by atoms with Crippen LogP contribution < -0.4 is 15.5 Å². The summed E-state index contributed by atoms with van der Waals surface area (Å²) in [4.78, 5) is 14.4. The summed E-state index contributed by atoms with van der Waals surface area (Å²) in [5.74, 6) is 0.296. The monoisotopic (exact) mass is 361 g/mol. The highest BCUT2D eigenvalue weighted by Gasteiger charge is 2.09. The van der Waals surface area contributed by atoms with Crippen molar-refractivity contribution < 1.29 is 4.79 Å². The smallest absolute Gasteiger partial charge is 0.276 e. The van der Waals surface area contributed by atoms with Gasteiger partial charge in [0.05, 0.1) is 0 Å².